The predicted octanol–water partition coefficient (Wildman–Crippen LogP) is 3.45. The van der Waals surface area contributed by atoms with Crippen LogP contribution in [0.2, 0.25) is 0 Å². The highest BCUT2D eigenvalue weighted by Crippen LogP contribution is 2.31. The van der Waals surface area contributed by atoms with E-state index in [9.17, 15) is 4.79 Å². The van der Waals surface area contributed by atoms with Crippen LogP contribution in [-0.2, 0) is 11.2 Å². The van der Waals surface area contributed by atoms with E-state index in [2.05, 4.69) is 32.0 Å². The Morgan fingerprint density at radius 3 is 2.62 bits per heavy atom. The molecule has 5 rings (SSSR count). The average Bonchev–Trinajstić information content (AvgIpc) is 3.36. The number of piperazine rings is 1. The number of fused-ring (bicyclic) bond motifs is 1. The van der Waals surface area contributed by atoms with Crippen molar-refractivity contribution in [2.45, 2.75) is 32.1 Å². The van der Waals surface area contributed by atoms with Crippen LogP contribution in [-0.4, -0.2) is 70.5 Å². The Morgan fingerprint density at radius 1 is 1.06 bits per heavy atom. The molecule has 3 heterocycles. The van der Waals surface area contributed by atoms with E-state index in [4.69, 9.17) is 4.42 Å². The number of carbonyl (C=O) groups is 1. The summed E-state index contributed by atoms with van der Waals surface area (Å²) in [5.74, 6) is 1.92. The van der Waals surface area contributed by atoms with Gasteiger partial charge in [-0.15, -0.1) is 0 Å². The number of hydrogen-bond acceptors (Lipinski definition) is 7. The van der Waals surface area contributed by atoms with Crippen molar-refractivity contribution < 1.29 is 9.21 Å². The lowest BCUT2D eigenvalue weighted by atomic mass is 9.79. The van der Waals surface area contributed by atoms with Crippen LogP contribution in [0.1, 0.15) is 31.4 Å². The van der Waals surface area contributed by atoms with E-state index in [1.54, 1.807) is 6.20 Å². The first-order valence-corrected chi connectivity index (χ1v) is 11.7. The number of carbonyl (C=O) groups excluding carboxylic acids is 1. The van der Waals surface area contributed by atoms with Gasteiger partial charge in [-0.05, 0) is 62.9 Å². The molecule has 1 aromatic carbocycles. The van der Waals surface area contributed by atoms with Crippen molar-refractivity contribution in [1.29, 1.82) is 0 Å². The van der Waals surface area contributed by atoms with Crippen molar-refractivity contribution in [2.75, 3.05) is 39.8 Å². The summed E-state index contributed by atoms with van der Waals surface area (Å²) >= 11 is 0. The van der Waals surface area contributed by atoms with Crippen LogP contribution >= 0.6 is 0 Å². The molecule has 0 unspecified atom stereocenters. The van der Waals surface area contributed by atoms with Gasteiger partial charge < -0.3 is 14.2 Å². The van der Waals surface area contributed by atoms with Gasteiger partial charge in [0.2, 0.25) is 0 Å². The van der Waals surface area contributed by atoms with Crippen LogP contribution in [0.5, 0.6) is 0 Å². The summed E-state index contributed by atoms with van der Waals surface area (Å²) in [7, 11) is 2.20. The second kappa shape index (κ2) is 9.46. The third kappa shape index (κ3) is 4.89. The minimum atomic E-state index is 0.164. The Kier molecular flexibility index (Phi) is 6.28. The molecule has 0 N–H and O–H groups in total. The highest BCUT2D eigenvalue weighted by atomic mass is 16.3. The fraction of sp³-hybridized carbons (Fsp3) is 0.520. The van der Waals surface area contributed by atoms with Gasteiger partial charge in [-0.25, -0.2) is 4.98 Å². The molecule has 0 bridgehead atoms. The van der Waals surface area contributed by atoms with Crippen LogP contribution < -0.4 is 0 Å². The molecule has 1 aliphatic carbocycles. The molecule has 32 heavy (non-hydrogen) atoms. The molecule has 0 atom stereocenters. The lowest BCUT2D eigenvalue weighted by molar-refractivity contribution is -0.123. The number of rotatable bonds is 6. The number of ketones is 1. The van der Waals surface area contributed by atoms with Gasteiger partial charge in [0, 0.05) is 49.6 Å². The number of hydrogen-bond donors (Lipinski definition) is 0. The second-order valence-electron chi connectivity index (χ2n) is 9.44. The van der Waals surface area contributed by atoms with E-state index >= 15 is 0 Å². The summed E-state index contributed by atoms with van der Waals surface area (Å²) < 4.78 is 5.40. The Morgan fingerprint density at radius 2 is 1.88 bits per heavy atom. The maximum atomic E-state index is 13.0. The zero-order chi connectivity index (χ0) is 21.9. The molecular weight excluding hydrogens is 402 g/mol. The van der Waals surface area contributed by atoms with Crippen molar-refractivity contribution in [3.63, 3.8) is 0 Å². The lowest BCUT2D eigenvalue weighted by Gasteiger charge is -2.36. The van der Waals surface area contributed by atoms with Gasteiger partial charge in [0.25, 0.3) is 0 Å². The molecule has 0 amide bonds. The van der Waals surface area contributed by atoms with E-state index in [1.165, 1.54) is 39.1 Å². The molecule has 0 radical (unpaired) electrons. The number of likely N-dealkylation sites (N-methyl/N-ethyl adjacent to an activating group) is 1. The van der Waals surface area contributed by atoms with Crippen LogP contribution in [0.3, 0.4) is 0 Å². The monoisotopic (exact) mass is 433 g/mol. The maximum Gasteiger partial charge on any atom is 0.181 e. The summed E-state index contributed by atoms with van der Waals surface area (Å²) in [5.41, 5.74) is 2.50. The average molecular weight is 434 g/mol. The Labute approximate surface area is 188 Å². The molecule has 1 saturated heterocycles. The molecule has 1 aliphatic heterocycles. The number of oxazole rings is 1. The molecule has 7 heteroatoms. The first kappa shape index (κ1) is 21.2. The Bertz CT molecular complexity index is 1050. The highest BCUT2D eigenvalue weighted by Gasteiger charge is 2.28. The summed E-state index contributed by atoms with van der Waals surface area (Å²) in [6.07, 6.45) is 7.82. The van der Waals surface area contributed by atoms with Crippen LogP contribution in [0.25, 0.3) is 22.2 Å². The number of aromatic nitrogens is 3. The van der Waals surface area contributed by atoms with Gasteiger partial charge in [-0.2, -0.15) is 10.2 Å². The van der Waals surface area contributed by atoms with Crippen LogP contribution in [0.4, 0.5) is 0 Å². The van der Waals surface area contributed by atoms with E-state index in [0.29, 0.717) is 12.2 Å². The molecule has 7 nitrogen and oxygen atoms in total. The van der Waals surface area contributed by atoms with Gasteiger partial charge in [-0.1, -0.05) is 0 Å². The Hall–Kier alpha value is -2.64. The molecule has 2 aromatic heterocycles. The fourth-order valence-corrected chi connectivity index (χ4v) is 5.07. The molecule has 168 valence electrons. The van der Waals surface area contributed by atoms with E-state index < -0.39 is 0 Å². The standard InChI is InChI=1S/C25H31N5O2/c1-29-8-10-30(11-9-29)16-18-2-4-19(5-3-18)24(31)14-22-13-21-12-20(25-15-26-17-32-25)6-7-23(21)28-27-22/h6-7,12-13,15,17-19H,2-5,8-11,14,16H2,1H3. The quantitative estimate of drug-likeness (QED) is 0.589. The van der Waals surface area contributed by atoms with E-state index in [-0.39, 0.29) is 5.92 Å². The molecule has 2 aliphatic rings. The van der Waals surface area contributed by atoms with Crippen LogP contribution in [0.15, 0.2) is 41.3 Å². The molecular formula is C25H31N5O2. The normalized spacial score (nSPS) is 22.9. The predicted molar refractivity (Wildman–Crippen MR) is 123 cm³/mol. The van der Waals surface area contributed by atoms with Gasteiger partial charge in [-0.3, -0.25) is 4.79 Å². The largest absolute Gasteiger partial charge is 0.444 e. The molecule has 0 spiro atoms. The highest BCUT2D eigenvalue weighted by molar-refractivity contribution is 5.86. The van der Waals surface area contributed by atoms with Gasteiger partial charge in [0.05, 0.1) is 23.8 Å². The van der Waals surface area contributed by atoms with E-state index in [1.807, 2.05) is 24.3 Å². The number of nitrogens with zero attached hydrogens (tertiary/aromatic N) is 5. The van der Waals surface area contributed by atoms with Crippen molar-refractivity contribution in [2.24, 2.45) is 11.8 Å². The van der Waals surface area contributed by atoms with Crippen molar-refractivity contribution in [1.82, 2.24) is 25.0 Å². The minimum absolute atomic E-state index is 0.164. The number of Topliss-reactive ketones (excluding diaryl/α,β-unsaturated/α-hetero) is 1. The summed E-state index contributed by atoms with van der Waals surface area (Å²) in [6, 6.07) is 7.87. The smallest absolute Gasteiger partial charge is 0.181 e. The zero-order valence-electron chi connectivity index (χ0n) is 18.7. The summed E-state index contributed by atoms with van der Waals surface area (Å²) in [6.45, 7) is 5.88. The lowest BCUT2D eigenvalue weighted by Crippen LogP contribution is -2.46. The topological polar surface area (TPSA) is 75.4 Å². The number of benzene rings is 1. The van der Waals surface area contributed by atoms with Crippen LogP contribution in [0, 0.1) is 11.8 Å². The molecule has 2 fully saturated rings. The first-order chi connectivity index (χ1) is 15.6. The fourth-order valence-electron chi connectivity index (χ4n) is 5.07. The van der Waals surface area contributed by atoms with E-state index in [0.717, 1.165) is 59.5 Å². The first-order valence-electron chi connectivity index (χ1n) is 11.7. The van der Waals surface area contributed by atoms with Crippen molar-refractivity contribution in [3.05, 3.63) is 42.5 Å². The second-order valence-corrected chi connectivity index (χ2v) is 9.44. The third-order valence-electron chi connectivity index (χ3n) is 7.12. The minimum Gasteiger partial charge on any atom is -0.444 e. The van der Waals surface area contributed by atoms with Crippen molar-refractivity contribution in [3.8, 4) is 11.3 Å². The summed E-state index contributed by atoms with van der Waals surface area (Å²) in [4.78, 5) is 22.0. The van der Waals surface area contributed by atoms with Gasteiger partial charge in [0.15, 0.2) is 12.2 Å². The van der Waals surface area contributed by atoms with Crippen molar-refractivity contribution >= 4 is 16.7 Å². The molecule has 1 saturated carbocycles. The third-order valence-corrected chi connectivity index (χ3v) is 7.12. The molecule has 3 aromatic rings. The zero-order valence-corrected chi connectivity index (χ0v) is 18.7. The summed E-state index contributed by atoms with van der Waals surface area (Å²) in [5, 5.41) is 9.61. The van der Waals surface area contributed by atoms with Gasteiger partial charge >= 0.3 is 0 Å². The SMILES string of the molecule is CN1CCN(CC2CCC(C(=O)Cc3cc4cc(-c5cnco5)ccc4nn3)CC2)CC1. The maximum absolute atomic E-state index is 13.0. The Balaban J connectivity index is 1.17. The van der Waals surface area contributed by atoms with Gasteiger partial charge in [0.1, 0.15) is 5.78 Å².